The van der Waals surface area contributed by atoms with Crippen LogP contribution in [0.3, 0.4) is 0 Å². The summed E-state index contributed by atoms with van der Waals surface area (Å²) in [7, 11) is 0. The van der Waals surface area contributed by atoms with Crippen LogP contribution in [0.4, 0.5) is 0 Å². The summed E-state index contributed by atoms with van der Waals surface area (Å²) in [5, 5.41) is 9.10. The normalized spacial score (nSPS) is 15.2. The minimum absolute atomic E-state index is 0.0731. The quantitative estimate of drug-likeness (QED) is 0.812. The smallest absolute Gasteiger partial charge is 0.251 e. The van der Waals surface area contributed by atoms with Crippen LogP contribution in [0.15, 0.2) is 35.1 Å². The van der Waals surface area contributed by atoms with E-state index in [0.717, 1.165) is 37.2 Å². The number of H-pyrrole nitrogens is 1. The van der Waals surface area contributed by atoms with E-state index in [9.17, 15) is 4.79 Å². The maximum absolute atomic E-state index is 12.0. The number of hydrogen-bond donors (Lipinski definition) is 2. The summed E-state index contributed by atoms with van der Waals surface area (Å²) < 4.78 is 0. The van der Waals surface area contributed by atoms with Crippen LogP contribution in [0.5, 0.6) is 0 Å². The first-order chi connectivity index (χ1) is 12.2. The number of aromatic nitrogens is 2. The topological polar surface area (TPSA) is 69.2 Å². The second-order valence-corrected chi connectivity index (χ2v) is 6.79. The van der Waals surface area contributed by atoms with Crippen molar-refractivity contribution in [2.45, 2.75) is 45.1 Å². The number of aromatic amines is 1. The molecule has 0 aliphatic heterocycles. The molecule has 1 saturated carbocycles. The van der Waals surface area contributed by atoms with Gasteiger partial charge in [-0.15, -0.1) is 0 Å². The van der Waals surface area contributed by atoms with Crippen molar-refractivity contribution in [3.05, 3.63) is 51.9 Å². The predicted octanol–water partition coefficient (Wildman–Crippen LogP) is 2.91. The molecule has 1 aliphatic rings. The van der Waals surface area contributed by atoms with Crippen LogP contribution in [0.2, 0.25) is 0 Å². The highest BCUT2D eigenvalue weighted by molar-refractivity contribution is 5.55. The molecular formula is C20H27N3O2. The molecule has 0 saturated heterocycles. The summed E-state index contributed by atoms with van der Waals surface area (Å²) in [6.45, 7) is 4.65. The lowest BCUT2D eigenvalue weighted by molar-refractivity contribution is 0.197. The predicted molar refractivity (Wildman–Crippen MR) is 99.5 cm³/mol. The van der Waals surface area contributed by atoms with Crippen LogP contribution >= 0.6 is 0 Å². The summed E-state index contributed by atoms with van der Waals surface area (Å²) in [5.74, 6) is 1.08. The highest BCUT2D eigenvalue weighted by Gasteiger charge is 2.19. The summed E-state index contributed by atoms with van der Waals surface area (Å²) in [5.41, 5.74) is 2.98. The molecule has 5 heteroatoms. The minimum Gasteiger partial charge on any atom is -0.395 e. The molecule has 25 heavy (non-hydrogen) atoms. The van der Waals surface area contributed by atoms with Crippen LogP contribution < -0.4 is 5.56 Å². The third-order valence-corrected chi connectivity index (χ3v) is 5.03. The fourth-order valence-corrected chi connectivity index (χ4v) is 3.56. The average Bonchev–Trinajstić information content (AvgIpc) is 3.16. The lowest BCUT2D eigenvalue weighted by atomic mass is 10.0. The van der Waals surface area contributed by atoms with E-state index in [4.69, 9.17) is 10.1 Å². The molecule has 0 amide bonds. The molecule has 0 spiro atoms. The third-order valence-electron chi connectivity index (χ3n) is 5.03. The van der Waals surface area contributed by atoms with Crippen LogP contribution in [0, 0.1) is 0 Å². The van der Waals surface area contributed by atoms with Crippen molar-refractivity contribution < 1.29 is 5.11 Å². The fourth-order valence-electron chi connectivity index (χ4n) is 3.56. The third kappa shape index (κ3) is 4.55. The van der Waals surface area contributed by atoms with Gasteiger partial charge < -0.3 is 10.1 Å². The van der Waals surface area contributed by atoms with E-state index >= 15 is 0 Å². The van der Waals surface area contributed by atoms with Crippen molar-refractivity contribution in [2.24, 2.45) is 0 Å². The van der Waals surface area contributed by atoms with Gasteiger partial charge in [0, 0.05) is 30.6 Å². The van der Waals surface area contributed by atoms with E-state index in [-0.39, 0.29) is 12.2 Å². The molecule has 0 radical (unpaired) electrons. The van der Waals surface area contributed by atoms with Gasteiger partial charge >= 0.3 is 0 Å². The van der Waals surface area contributed by atoms with E-state index in [2.05, 4.69) is 28.9 Å². The largest absolute Gasteiger partial charge is 0.395 e. The van der Waals surface area contributed by atoms with Gasteiger partial charge in [0.1, 0.15) is 5.82 Å². The van der Waals surface area contributed by atoms with Gasteiger partial charge in [-0.2, -0.15) is 0 Å². The SMILES string of the molecule is CCN(CCO)Cc1ccc(-c2nc(C3CCCC3)cc(=O)[nH]2)cc1. The molecule has 2 aromatic rings. The van der Waals surface area contributed by atoms with Gasteiger partial charge in [-0.05, 0) is 24.9 Å². The number of aliphatic hydroxyl groups excluding tert-OH is 1. The molecule has 0 unspecified atom stereocenters. The van der Waals surface area contributed by atoms with Crippen LogP contribution in [-0.4, -0.2) is 39.7 Å². The second-order valence-electron chi connectivity index (χ2n) is 6.79. The van der Waals surface area contributed by atoms with E-state index in [1.807, 2.05) is 12.1 Å². The summed E-state index contributed by atoms with van der Waals surface area (Å²) >= 11 is 0. The second kappa shape index (κ2) is 8.41. The number of hydrogen-bond acceptors (Lipinski definition) is 4. The number of aliphatic hydroxyl groups is 1. The van der Waals surface area contributed by atoms with Crippen molar-refractivity contribution in [1.82, 2.24) is 14.9 Å². The zero-order valence-electron chi connectivity index (χ0n) is 14.9. The van der Waals surface area contributed by atoms with E-state index in [0.29, 0.717) is 18.3 Å². The van der Waals surface area contributed by atoms with Gasteiger partial charge in [-0.3, -0.25) is 9.69 Å². The number of rotatable bonds is 7. The molecule has 134 valence electrons. The van der Waals surface area contributed by atoms with Crippen molar-refractivity contribution >= 4 is 0 Å². The Morgan fingerprint density at radius 3 is 2.60 bits per heavy atom. The first kappa shape index (κ1) is 17.8. The monoisotopic (exact) mass is 341 g/mol. The summed E-state index contributed by atoms with van der Waals surface area (Å²) in [6, 6.07) is 9.81. The number of likely N-dealkylation sites (N-methyl/N-ethyl adjacent to an activating group) is 1. The molecular weight excluding hydrogens is 314 g/mol. The Balaban J connectivity index is 1.78. The lowest BCUT2D eigenvalue weighted by Crippen LogP contribution is -2.26. The molecule has 1 aromatic heterocycles. The van der Waals surface area contributed by atoms with E-state index < -0.39 is 0 Å². The van der Waals surface area contributed by atoms with Gasteiger partial charge in [0.15, 0.2) is 0 Å². The van der Waals surface area contributed by atoms with E-state index in [1.165, 1.54) is 18.4 Å². The van der Waals surface area contributed by atoms with Crippen LogP contribution in [0.25, 0.3) is 11.4 Å². The Bertz CT molecular complexity index is 733. The Morgan fingerprint density at radius 2 is 1.96 bits per heavy atom. The molecule has 1 aliphatic carbocycles. The van der Waals surface area contributed by atoms with Gasteiger partial charge in [0.25, 0.3) is 5.56 Å². The molecule has 0 atom stereocenters. The van der Waals surface area contributed by atoms with Crippen molar-refractivity contribution in [1.29, 1.82) is 0 Å². The lowest BCUT2D eigenvalue weighted by Gasteiger charge is -2.19. The molecule has 1 heterocycles. The molecule has 0 bridgehead atoms. The number of benzene rings is 1. The van der Waals surface area contributed by atoms with Crippen LogP contribution in [0.1, 0.15) is 49.8 Å². The minimum atomic E-state index is -0.0731. The maximum atomic E-state index is 12.0. The Morgan fingerprint density at radius 1 is 1.24 bits per heavy atom. The fraction of sp³-hybridized carbons (Fsp3) is 0.500. The molecule has 1 aromatic carbocycles. The van der Waals surface area contributed by atoms with Crippen molar-refractivity contribution in [3.63, 3.8) is 0 Å². The van der Waals surface area contributed by atoms with Gasteiger partial charge in [-0.1, -0.05) is 44.0 Å². The van der Waals surface area contributed by atoms with Crippen molar-refractivity contribution in [3.8, 4) is 11.4 Å². The molecule has 2 N–H and O–H groups in total. The van der Waals surface area contributed by atoms with E-state index in [1.54, 1.807) is 6.07 Å². The highest BCUT2D eigenvalue weighted by Crippen LogP contribution is 2.32. The Labute approximate surface area is 148 Å². The summed E-state index contributed by atoms with van der Waals surface area (Å²) in [4.78, 5) is 21.8. The first-order valence-corrected chi connectivity index (χ1v) is 9.23. The molecule has 1 fully saturated rings. The first-order valence-electron chi connectivity index (χ1n) is 9.23. The molecule has 3 rings (SSSR count). The summed E-state index contributed by atoms with van der Waals surface area (Å²) in [6.07, 6.45) is 4.72. The highest BCUT2D eigenvalue weighted by atomic mass is 16.3. The standard InChI is InChI=1S/C20H27N3O2/c1-2-23(11-12-24)14-15-7-9-17(10-8-15)20-21-18(13-19(25)22-20)16-5-3-4-6-16/h7-10,13,16,24H,2-6,11-12,14H2,1H3,(H,21,22,25). The van der Waals surface area contributed by atoms with Gasteiger partial charge in [0.2, 0.25) is 0 Å². The molecule has 5 nitrogen and oxygen atoms in total. The van der Waals surface area contributed by atoms with Gasteiger partial charge in [-0.25, -0.2) is 4.98 Å². The maximum Gasteiger partial charge on any atom is 0.251 e. The number of nitrogens with one attached hydrogen (secondary N) is 1. The van der Waals surface area contributed by atoms with Crippen molar-refractivity contribution in [2.75, 3.05) is 19.7 Å². The van der Waals surface area contributed by atoms with Gasteiger partial charge in [0.05, 0.1) is 12.3 Å². The number of nitrogens with zero attached hydrogens (tertiary/aromatic N) is 2. The average molecular weight is 341 g/mol. The van der Waals surface area contributed by atoms with Crippen LogP contribution in [-0.2, 0) is 6.54 Å². The zero-order valence-corrected chi connectivity index (χ0v) is 14.9. The Hall–Kier alpha value is -1.98. The Kier molecular flexibility index (Phi) is 6.00. The zero-order chi connectivity index (χ0) is 17.6.